The van der Waals surface area contributed by atoms with Gasteiger partial charge in [0.25, 0.3) is 11.5 Å². The van der Waals surface area contributed by atoms with Gasteiger partial charge in [-0.2, -0.15) is 4.98 Å². The molecule has 0 saturated carbocycles. The highest BCUT2D eigenvalue weighted by atomic mass is 16.2. The molecule has 4 aromatic rings. The van der Waals surface area contributed by atoms with Crippen LogP contribution in [0.5, 0.6) is 0 Å². The Labute approximate surface area is 208 Å². The van der Waals surface area contributed by atoms with Crippen LogP contribution in [0.2, 0.25) is 0 Å². The summed E-state index contributed by atoms with van der Waals surface area (Å²) in [5.74, 6) is 0.313. The van der Waals surface area contributed by atoms with Gasteiger partial charge in [-0.25, -0.2) is 4.98 Å². The molecule has 0 saturated heterocycles. The molecule has 1 amide bonds. The van der Waals surface area contributed by atoms with Crippen LogP contribution in [0.25, 0.3) is 11.0 Å². The molecule has 2 aliphatic rings. The molecule has 4 bridgehead atoms. The normalized spacial score (nSPS) is 15.4. The van der Waals surface area contributed by atoms with Gasteiger partial charge in [-0.05, 0) is 49.2 Å². The summed E-state index contributed by atoms with van der Waals surface area (Å²) in [7, 11) is 1.79. The van der Waals surface area contributed by atoms with Gasteiger partial charge in [0, 0.05) is 56.1 Å². The summed E-state index contributed by atoms with van der Waals surface area (Å²) in [6.45, 7) is 4.42. The van der Waals surface area contributed by atoms with Crippen LogP contribution in [0.1, 0.15) is 22.3 Å². The molecule has 0 unspecified atom stereocenters. The number of anilines is 5. The van der Waals surface area contributed by atoms with Crippen molar-refractivity contribution >= 4 is 45.6 Å². The molecule has 0 aliphatic carbocycles. The summed E-state index contributed by atoms with van der Waals surface area (Å²) in [4.78, 5) is 39.9. The molecule has 2 aromatic carbocycles. The van der Waals surface area contributed by atoms with Gasteiger partial charge in [0.1, 0.15) is 11.3 Å². The van der Waals surface area contributed by atoms with Gasteiger partial charge < -0.3 is 20.4 Å². The Hall–Kier alpha value is -4.40. The van der Waals surface area contributed by atoms with E-state index in [-0.39, 0.29) is 11.5 Å². The molecular formula is C27H27N7O2. The zero-order valence-corrected chi connectivity index (χ0v) is 20.3. The first kappa shape index (κ1) is 22.1. The van der Waals surface area contributed by atoms with E-state index in [2.05, 4.69) is 33.5 Å². The lowest BCUT2D eigenvalue weighted by Crippen LogP contribution is -2.36. The number of para-hydroxylation sites is 1. The highest BCUT2D eigenvalue weighted by Crippen LogP contribution is 2.36. The summed E-state index contributed by atoms with van der Waals surface area (Å²) in [6, 6.07) is 15.3. The zero-order chi connectivity index (χ0) is 24.8. The van der Waals surface area contributed by atoms with E-state index in [1.54, 1.807) is 34.8 Å². The van der Waals surface area contributed by atoms with Gasteiger partial charge in [0.15, 0.2) is 0 Å². The first-order valence-electron chi connectivity index (χ1n) is 12.1. The molecule has 2 N–H and O–H groups in total. The fourth-order valence-corrected chi connectivity index (χ4v) is 5.02. The zero-order valence-electron chi connectivity index (χ0n) is 20.3. The lowest BCUT2D eigenvalue weighted by Gasteiger charge is -2.33. The maximum absolute atomic E-state index is 14.0. The third-order valence-corrected chi connectivity index (χ3v) is 6.87. The summed E-state index contributed by atoms with van der Waals surface area (Å²) in [6.07, 6.45) is 2.37. The van der Waals surface area contributed by atoms with Crippen LogP contribution in [-0.4, -0.2) is 52.0 Å². The van der Waals surface area contributed by atoms with Crippen LogP contribution in [0, 0.1) is 6.92 Å². The van der Waals surface area contributed by atoms with Crippen molar-refractivity contribution in [3.8, 4) is 0 Å². The van der Waals surface area contributed by atoms with E-state index in [9.17, 15) is 9.59 Å². The Morgan fingerprint density at radius 1 is 0.972 bits per heavy atom. The van der Waals surface area contributed by atoms with Crippen molar-refractivity contribution in [2.24, 2.45) is 0 Å². The molecular weight excluding hydrogens is 454 g/mol. The second-order valence-electron chi connectivity index (χ2n) is 9.29. The van der Waals surface area contributed by atoms with E-state index in [0.717, 1.165) is 28.9 Å². The number of nitrogens with zero attached hydrogens (tertiary/aromatic N) is 5. The number of hydrogen-bond acceptors (Lipinski definition) is 7. The number of aromatic nitrogens is 3. The standard InChI is InChI=1S/C27H27N7O2/c1-17-6-3-9-21-23(17)28-10-13-33(21)22-15-19-16-29-27-30-20-8-4-7-18(14-20)25(35)32(2)11-5-12-34(26(22)36)24(19)31-27/h3-4,6-9,14-16,28H,5,10-13H2,1-2H3,(H,29,30,31). The highest BCUT2D eigenvalue weighted by Gasteiger charge is 2.24. The first-order valence-corrected chi connectivity index (χ1v) is 12.1. The van der Waals surface area contributed by atoms with Gasteiger partial charge in [0.2, 0.25) is 5.95 Å². The molecule has 182 valence electrons. The van der Waals surface area contributed by atoms with Crippen LogP contribution in [0.4, 0.5) is 28.7 Å². The van der Waals surface area contributed by atoms with Crippen molar-refractivity contribution in [3.63, 3.8) is 0 Å². The van der Waals surface area contributed by atoms with E-state index in [4.69, 9.17) is 4.98 Å². The number of carbonyl (C=O) groups excluding carboxylic acids is 1. The van der Waals surface area contributed by atoms with Gasteiger partial charge in [-0.1, -0.05) is 18.2 Å². The predicted octanol–water partition coefficient (Wildman–Crippen LogP) is 3.88. The van der Waals surface area contributed by atoms with E-state index < -0.39 is 0 Å². The van der Waals surface area contributed by atoms with E-state index in [1.165, 1.54) is 0 Å². The van der Waals surface area contributed by atoms with Crippen LogP contribution in [0.3, 0.4) is 0 Å². The monoisotopic (exact) mass is 481 g/mol. The van der Waals surface area contributed by atoms with Crippen LogP contribution >= 0.6 is 0 Å². The molecule has 6 rings (SSSR count). The van der Waals surface area contributed by atoms with Crippen molar-refractivity contribution in [2.45, 2.75) is 19.9 Å². The Morgan fingerprint density at radius 2 is 1.83 bits per heavy atom. The number of benzene rings is 2. The second kappa shape index (κ2) is 8.67. The van der Waals surface area contributed by atoms with E-state index >= 15 is 0 Å². The van der Waals surface area contributed by atoms with Gasteiger partial charge >= 0.3 is 0 Å². The predicted molar refractivity (Wildman–Crippen MR) is 142 cm³/mol. The molecule has 0 radical (unpaired) electrons. The number of pyridine rings is 1. The molecule has 36 heavy (non-hydrogen) atoms. The van der Waals surface area contributed by atoms with Gasteiger partial charge in [-0.15, -0.1) is 0 Å². The Bertz CT molecular complexity index is 1560. The van der Waals surface area contributed by atoms with E-state index in [1.807, 2.05) is 30.3 Å². The largest absolute Gasteiger partial charge is 0.381 e. The number of rotatable bonds is 1. The first-order chi connectivity index (χ1) is 17.5. The molecule has 0 fully saturated rings. The average molecular weight is 482 g/mol. The van der Waals surface area contributed by atoms with Crippen LogP contribution < -0.4 is 21.1 Å². The Balaban J connectivity index is 1.51. The van der Waals surface area contributed by atoms with Gasteiger partial charge in [0.05, 0.1) is 11.4 Å². The van der Waals surface area contributed by atoms with Crippen LogP contribution in [0.15, 0.2) is 59.5 Å². The summed E-state index contributed by atoms with van der Waals surface area (Å²) >= 11 is 0. The quantitative estimate of drug-likeness (QED) is 0.426. The molecule has 0 atom stereocenters. The van der Waals surface area contributed by atoms with Crippen LogP contribution in [-0.2, 0) is 6.54 Å². The molecule has 9 heteroatoms. The smallest absolute Gasteiger partial charge is 0.276 e. The lowest BCUT2D eigenvalue weighted by atomic mass is 10.1. The SMILES string of the molecule is Cc1cccc2c1NCCN2c1cc2cnc3nc2n(c1=O)CCCN(C)C(=O)c1cccc(c1)N3. The summed E-state index contributed by atoms with van der Waals surface area (Å²) < 4.78 is 1.72. The minimum atomic E-state index is -0.106. The molecule has 2 aromatic heterocycles. The molecule has 0 spiro atoms. The second-order valence-corrected chi connectivity index (χ2v) is 9.29. The van der Waals surface area contributed by atoms with Crippen molar-refractivity contribution in [2.75, 3.05) is 42.2 Å². The number of carbonyl (C=O) groups is 1. The minimum absolute atomic E-state index is 0.0652. The topological polar surface area (TPSA) is 95.4 Å². The minimum Gasteiger partial charge on any atom is -0.381 e. The molecule has 9 nitrogen and oxygen atoms in total. The van der Waals surface area contributed by atoms with Crippen molar-refractivity contribution in [1.82, 2.24) is 19.4 Å². The number of fused-ring (bicyclic) bond motifs is 4. The average Bonchev–Trinajstić information content (AvgIpc) is 2.89. The number of hydrogen-bond donors (Lipinski definition) is 2. The number of amides is 1. The fourth-order valence-electron chi connectivity index (χ4n) is 5.02. The maximum Gasteiger partial charge on any atom is 0.276 e. The van der Waals surface area contributed by atoms with E-state index in [0.29, 0.717) is 54.6 Å². The van der Waals surface area contributed by atoms with Gasteiger partial charge in [-0.3, -0.25) is 14.2 Å². The number of aryl methyl sites for hydroxylation is 2. The maximum atomic E-state index is 14.0. The third kappa shape index (κ3) is 3.73. The lowest BCUT2D eigenvalue weighted by molar-refractivity contribution is 0.0792. The van der Waals surface area contributed by atoms with Crippen molar-refractivity contribution in [1.29, 1.82) is 0 Å². The summed E-state index contributed by atoms with van der Waals surface area (Å²) in [5.41, 5.74) is 5.54. The van der Waals surface area contributed by atoms with Crippen molar-refractivity contribution < 1.29 is 4.79 Å². The fraction of sp³-hybridized carbons (Fsp3) is 0.259. The third-order valence-electron chi connectivity index (χ3n) is 6.87. The highest BCUT2D eigenvalue weighted by molar-refractivity contribution is 5.95. The molecule has 2 aliphatic heterocycles. The van der Waals surface area contributed by atoms with Crippen molar-refractivity contribution in [3.05, 3.63) is 76.2 Å². The Kier molecular flexibility index (Phi) is 5.32. The Morgan fingerprint density at radius 3 is 2.72 bits per heavy atom. The molecule has 4 heterocycles. The number of nitrogens with one attached hydrogen (secondary N) is 2. The summed E-state index contributed by atoms with van der Waals surface area (Å²) in [5, 5.41) is 7.45.